The number of nitriles is 1. The smallest absolute Gasteiger partial charge is 0.255 e. The van der Waals surface area contributed by atoms with Crippen molar-refractivity contribution in [3.63, 3.8) is 0 Å². The van der Waals surface area contributed by atoms with E-state index < -0.39 is 5.82 Å². The molecule has 0 unspecified atom stereocenters. The van der Waals surface area contributed by atoms with E-state index in [1.165, 1.54) is 23.1 Å². The van der Waals surface area contributed by atoms with Crippen molar-refractivity contribution in [2.24, 2.45) is 5.92 Å². The van der Waals surface area contributed by atoms with E-state index in [1.807, 2.05) is 19.9 Å². The molecule has 0 saturated heterocycles. The predicted octanol–water partition coefficient (Wildman–Crippen LogP) is 3.49. The Morgan fingerprint density at radius 3 is 2.79 bits per heavy atom. The van der Waals surface area contributed by atoms with Crippen LogP contribution in [-0.2, 0) is 0 Å². The van der Waals surface area contributed by atoms with Gasteiger partial charge in [-0.25, -0.2) is 4.39 Å². The van der Waals surface area contributed by atoms with E-state index in [2.05, 4.69) is 0 Å². The zero-order valence-corrected chi connectivity index (χ0v) is 11.7. The standard InChI is InChI=1S/C14H16ClFN2O/c1-10(2)9-18(8-4-7-17)14(19)11-5-3-6-12(16)13(11)15/h3,5-6,10H,4,8-9H2,1-2H3. The number of carbonyl (C=O) groups is 1. The molecule has 0 bridgehead atoms. The molecule has 0 spiro atoms. The van der Waals surface area contributed by atoms with Gasteiger partial charge in [0.1, 0.15) is 5.82 Å². The summed E-state index contributed by atoms with van der Waals surface area (Å²) in [6.07, 6.45) is 0.241. The summed E-state index contributed by atoms with van der Waals surface area (Å²) >= 11 is 5.82. The van der Waals surface area contributed by atoms with Gasteiger partial charge < -0.3 is 4.90 Å². The monoisotopic (exact) mass is 282 g/mol. The third-order valence-electron chi connectivity index (χ3n) is 2.55. The fourth-order valence-corrected chi connectivity index (χ4v) is 1.95. The Morgan fingerprint density at radius 2 is 2.21 bits per heavy atom. The van der Waals surface area contributed by atoms with Crippen LogP contribution in [0, 0.1) is 23.1 Å². The summed E-state index contributed by atoms with van der Waals surface area (Å²) in [7, 11) is 0. The Balaban J connectivity index is 2.98. The van der Waals surface area contributed by atoms with E-state index in [0.717, 1.165) is 0 Å². The van der Waals surface area contributed by atoms with Crippen LogP contribution in [0.1, 0.15) is 30.6 Å². The summed E-state index contributed by atoms with van der Waals surface area (Å²) in [5, 5.41) is 8.46. The third-order valence-corrected chi connectivity index (χ3v) is 2.93. The molecule has 19 heavy (non-hydrogen) atoms. The number of rotatable bonds is 5. The SMILES string of the molecule is CC(C)CN(CCC#N)C(=O)c1cccc(F)c1Cl. The molecular formula is C14H16ClFN2O. The fourth-order valence-electron chi connectivity index (χ4n) is 1.74. The lowest BCUT2D eigenvalue weighted by Gasteiger charge is -2.24. The third kappa shape index (κ3) is 4.22. The minimum Gasteiger partial charge on any atom is -0.337 e. The molecule has 0 atom stereocenters. The Hall–Kier alpha value is -1.60. The highest BCUT2D eigenvalue weighted by Crippen LogP contribution is 2.21. The summed E-state index contributed by atoms with van der Waals surface area (Å²) in [4.78, 5) is 13.9. The van der Waals surface area contributed by atoms with E-state index >= 15 is 0 Å². The van der Waals surface area contributed by atoms with Gasteiger partial charge in [-0.15, -0.1) is 0 Å². The summed E-state index contributed by atoms with van der Waals surface area (Å²) in [6, 6.07) is 6.16. The molecule has 1 aromatic rings. The van der Waals surface area contributed by atoms with Crippen molar-refractivity contribution in [3.05, 3.63) is 34.6 Å². The van der Waals surface area contributed by atoms with Crippen molar-refractivity contribution in [3.8, 4) is 6.07 Å². The Labute approximate surface area is 117 Å². The number of hydrogen-bond donors (Lipinski definition) is 0. The molecule has 0 heterocycles. The van der Waals surface area contributed by atoms with Gasteiger partial charge in [-0.2, -0.15) is 5.26 Å². The molecule has 1 amide bonds. The highest BCUT2D eigenvalue weighted by atomic mass is 35.5. The van der Waals surface area contributed by atoms with Crippen LogP contribution in [0.3, 0.4) is 0 Å². The minimum absolute atomic E-state index is 0.139. The number of carbonyl (C=O) groups excluding carboxylic acids is 1. The molecule has 0 aliphatic heterocycles. The van der Waals surface area contributed by atoms with Crippen molar-refractivity contribution in [2.75, 3.05) is 13.1 Å². The van der Waals surface area contributed by atoms with Crippen molar-refractivity contribution < 1.29 is 9.18 Å². The summed E-state index contributed by atoms with van der Waals surface area (Å²) in [5.74, 6) is -0.694. The van der Waals surface area contributed by atoms with Gasteiger partial charge in [-0.05, 0) is 18.1 Å². The first-order valence-electron chi connectivity index (χ1n) is 6.07. The molecule has 5 heteroatoms. The lowest BCUT2D eigenvalue weighted by atomic mass is 10.1. The van der Waals surface area contributed by atoms with Crippen molar-refractivity contribution in [1.29, 1.82) is 5.26 Å². The first-order valence-corrected chi connectivity index (χ1v) is 6.45. The van der Waals surface area contributed by atoms with Crippen molar-refractivity contribution in [2.45, 2.75) is 20.3 Å². The topological polar surface area (TPSA) is 44.1 Å². The van der Waals surface area contributed by atoms with Crippen LogP contribution in [0.2, 0.25) is 5.02 Å². The maximum absolute atomic E-state index is 13.4. The second-order valence-electron chi connectivity index (χ2n) is 4.65. The molecule has 0 aliphatic carbocycles. The average molecular weight is 283 g/mol. The second kappa shape index (κ2) is 7.10. The van der Waals surface area contributed by atoms with Gasteiger partial charge in [0.2, 0.25) is 0 Å². The van der Waals surface area contributed by atoms with Gasteiger partial charge in [0, 0.05) is 13.1 Å². The number of amides is 1. The van der Waals surface area contributed by atoms with Gasteiger partial charge in [0.25, 0.3) is 5.91 Å². The maximum Gasteiger partial charge on any atom is 0.255 e. The summed E-state index contributed by atoms with van der Waals surface area (Å²) < 4.78 is 13.4. The van der Waals surface area contributed by atoms with E-state index in [0.29, 0.717) is 13.1 Å². The molecule has 0 saturated carbocycles. The number of nitrogens with zero attached hydrogens (tertiary/aromatic N) is 2. The van der Waals surface area contributed by atoms with Gasteiger partial charge in [-0.3, -0.25) is 4.79 Å². The first kappa shape index (κ1) is 15.5. The quantitative estimate of drug-likeness (QED) is 0.830. The number of hydrogen-bond acceptors (Lipinski definition) is 2. The number of halogens is 2. The zero-order valence-electron chi connectivity index (χ0n) is 11.0. The van der Waals surface area contributed by atoms with Crippen LogP contribution in [0.25, 0.3) is 0 Å². The van der Waals surface area contributed by atoms with Gasteiger partial charge in [0.15, 0.2) is 0 Å². The lowest BCUT2D eigenvalue weighted by molar-refractivity contribution is 0.0739. The molecule has 0 aliphatic rings. The van der Waals surface area contributed by atoms with Crippen LogP contribution in [-0.4, -0.2) is 23.9 Å². The van der Waals surface area contributed by atoms with E-state index in [4.69, 9.17) is 16.9 Å². The van der Waals surface area contributed by atoms with Crippen LogP contribution >= 0.6 is 11.6 Å². The Morgan fingerprint density at radius 1 is 1.53 bits per heavy atom. The molecule has 0 N–H and O–H groups in total. The van der Waals surface area contributed by atoms with E-state index in [1.54, 1.807) is 0 Å². The highest BCUT2D eigenvalue weighted by Gasteiger charge is 2.20. The van der Waals surface area contributed by atoms with E-state index in [-0.39, 0.29) is 28.8 Å². The zero-order chi connectivity index (χ0) is 14.4. The average Bonchev–Trinajstić information content (AvgIpc) is 2.36. The maximum atomic E-state index is 13.4. The van der Waals surface area contributed by atoms with Crippen molar-refractivity contribution >= 4 is 17.5 Å². The second-order valence-corrected chi connectivity index (χ2v) is 5.03. The van der Waals surface area contributed by atoms with E-state index in [9.17, 15) is 9.18 Å². The molecule has 0 radical (unpaired) electrons. The van der Waals surface area contributed by atoms with Crippen LogP contribution in [0.15, 0.2) is 18.2 Å². The molecule has 1 aromatic carbocycles. The molecule has 102 valence electrons. The van der Waals surface area contributed by atoms with Crippen LogP contribution in [0.4, 0.5) is 4.39 Å². The largest absolute Gasteiger partial charge is 0.337 e. The predicted molar refractivity (Wildman–Crippen MR) is 72.4 cm³/mol. The molecule has 1 rings (SSSR count). The summed E-state index contributed by atoms with van der Waals surface area (Å²) in [5.41, 5.74) is 0.139. The number of benzene rings is 1. The minimum atomic E-state index is -0.614. The first-order chi connectivity index (χ1) is 8.97. The molecular weight excluding hydrogens is 267 g/mol. The van der Waals surface area contributed by atoms with Crippen LogP contribution in [0.5, 0.6) is 0 Å². The normalized spacial score (nSPS) is 10.3. The fraction of sp³-hybridized carbons (Fsp3) is 0.429. The van der Waals surface area contributed by atoms with Crippen LogP contribution < -0.4 is 0 Å². The van der Waals surface area contributed by atoms with Gasteiger partial charge >= 0.3 is 0 Å². The Bertz CT molecular complexity index is 497. The summed E-state index contributed by atoms with van der Waals surface area (Å²) in [6.45, 7) is 4.77. The molecule has 3 nitrogen and oxygen atoms in total. The highest BCUT2D eigenvalue weighted by molar-refractivity contribution is 6.34. The van der Waals surface area contributed by atoms with Gasteiger partial charge in [0.05, 0.1) is 23.1 Å². The Kier molecular flexibility index (Phi) is 5.78. The molecule has 0 aromatic heterocycles. The van der Waals surface area contributed by atoms with Gasteiger partial charge in [-0.1, -0.05) is 31.5 Å². The van der Waals surface area contributed by atoms with Crippen molar-refractivity contribution in [1.82, 2.24) is 4.90 Å². The molecule has 0 fully saturated rings. The lowest BCUT2D eigenvalue weighted by Crippen LogP contribution is -2.35.